The molecule has 0 amide bonds. The van der Waals surface area contributed by atoms with Crippen LogP contribution < -0.4 is 10.5 Å². The molecule has 0 unspecified atom stereocenters. The first kappa shape index (κ1) is 14.2. The summed E-state index contributed by atoms with van der Waals surface area (Å²) in [5.41, 5.74) is 9.28. The first-order valence-electron chi connectivity index (χ1n) is 6.69. The predicted molar refractivity (Wildman–Crippen MR) is 93.8 cm³/mol. The highest BCUT2D eigenvalue weighted by molar-refractivity contribution is 8.05. The number of nitrogens with one attached hydrogen (secondary N) is 3. The standard InChI is InChI=1S/C16H15N5S/c17-8-14(9-18)22-21-13-6-12-7-15(20-16(12)19-10-13)11-4-2-1-3-5-11/h1-10,17,21H,18H2,(H,19,20)/b14-9+,17-8?. The second-order valence-electron chi connectivity index (χ2n) is 4.63. The highest BCUT2D eigenvalue weighted by Crippen LogP contribution is 2.26. The van der Waals surface area contributed by atoms with Crippen molar-refractivity contribution in [2.75, 3.05) is 4.72 Å². The van der Waals surface area contributed by atoms with Gasteiger partial charge in [0, 0.05) is 23.5 Å². The van der Waals surface area contributed by atoms with E-state index in [1.165, 1.54) is 24.4 Å². The molecule has 0 saturated heterocycles. The van der Waals surface area contributed by atoms with E-state index in [1.54, 1.807) is 6.20 Å². The highest BCUT2D eigenvalue weighted by atomic mass is 32.2. The zero-order valence-electron chi connectivity index (χ0n) is 11.7. The third-order valence-corrected chi connectivity index (χ3v) is 3.98. The fourth-order valence-electron chi connectivity index (χ4n) is 2.07. The van der Waals surface area contributed by atoms with Crippen LogP contribution in [0.1, 0.15) is 0 Å². The van der Waals surface area contributed by atoms with Crippen molar-refractivity contribution in [3.05, 3.63) is 59.8 Å². The molecule has 0 spiro atoms. The number of H-pyrrole nitrogens is 1. The maximum atomic E-state index is 7.20. The fourth-order valence-corrected chi connectivity index (χ4v) is 2.55. The molecule has 0 fully saturated rings. The van der Waals surface area contributed by atoms with E-state index in [9.17, 15) is 0 Å². The largest absolute Gasteiger partial charge is 0.404 e. The molecule has 22 heavy (non-hydrogen) atoms. The normalized spacial score (nSPS) is 11.5. The molecule has 0 radical (unpaired) electrons. The molecule has 5 N–H and O–H groups in total. The van der Waals surface area contributed by atoms with Gasteiger partial charge in [0.2, 0.25) is 0 Å². The van der Waals surface area contributed by atoms with Crippen LogP contribution in [0, 0.1) is 5.41 Å². The SMILES string of the molecule is N=C/C(=C\N)SNc1cnc2[nH]c(-c3ccccc3)cc2c1. The Kier molecular flexibility index (Phi) is 4.11. The summed E-state index contributed by atoms with van der Waals surface area (Å²) in [5.74, 6) is 0. The highest BCUT2D eigenvalue weighted by Gasteiger charge is 2.05. The van der Waals surface area contributed by atoms with E-state index >= 15 is 0 Å². The zero-order valence-corrected chi connectivity index (χ0v) is 12.5. The van der Waals surface area contributed by atoms with Crippen molar-refractivity contribution >= 4 is 34.9 Å². The summed E-state index contributed by atoms with van der Waals surface area (Å²) in [4.78, 5) is 8.37. The van der Waals surface area contributed by atoms with Gasteiger partial charge in [0.1, 0.15) is 5.65 Å². The number of hydrogen-bond donors (Lipinski definition) is 4. The van der Waals surface area contributed by atoms with Crippen LogP contribution in [0.25, 0.3) is 22.3 Å². The number of aromatic nitrogens is 2. The average molecular weight is 309 g/mol. The Labute approximate surface area is 132 Å². The molecule has 110 valence electrons. The third kappa shape index (κ3) is 2.96. The molecule has 3 rings (SSSR count). The van der Waals surface area contributed by atoms with Crippen molar-refractivity contribution < 1.29 is 0 Å². The number of nitrogens with two attached hydrogens (primary N) is 1. The second kappa shape index (κ2) is 6.36. The maximum Gasteiger partial charge on any atom is 0.137 e. The van der Waals surface area contributed by atoms with Crippen LogP contribution in [-0.4, -0.2) is 16.2 Å². The van der Waals surface area contributed by atoms with E-state index in [2.05, 4.69) is 32.9 Å². The van der Waals surface area contributed by atoms with Crippen molar-refractivity contribution in [2.24, 2.45) is 5.73 Å². The number of benzene rings is 1. The maximum absolute atomic E-state index is 7.20. The van der Waals surface area contributed by atoms with Gasteiger partial charge in [-0.2, -0.15) is 0 Å². The van der Waals surface area contributed by atoms with Crippen LogP contribution in [0.15, 0.2) is 59.8 Å². The molecule has 6 heteroatoms. The molecule has 0 bridgehead atoms. The van der Waals surface area contributed by atoms with Crippen molar-refractivity contribution in [1.29, 1.82) is 5.41 Å². The van der Waals surface area contributed by atoms with E-state index in [4.69, 9.17) is 11.1 Å². The quantitative estimate of drug-likeness (QED) is 0.427. The molecule has 0 saturated carbocycles. The summed E-state index contributed by atoms with van der Waals surface area (Å²) in [6, 6.07) is 14.2. The Morgan fingerprint density at radius 1 is 1.27 bits per heavy atom. The topological polar surface area (TPSA) is 90.6 Å². The summed E-state index contributed by atoms with van der Waals surface area (Å²) in [6.45, 7) is 0. The molecule has 0 aliphatic heterocycles. The van der Waals surface area contributed by atoms with Gasteiger partial charge in [-0.3, -0.25) is 0 Å². The lowest BCUT2D eigenvalue weighted by atomic mass is 10.1. The van der Waals surface area contributed by atoms with Gasteiger partial charge in [0.05, 0.1) is 16.8 Å². The predicted octanol–water partition coefficient (Wildman–Crippen LogP) is 3.74. The van der Waals surface area contributed by atoms with Crippen molar-refractivity contribution in [1.82, 2.24) is 9.97 Å². The molecule has 2 aromatic heterocycles. The summed E-state index contributed by atoms with van der Waals surface area (Å²) >= 11 is 1.28. The number of nitrogens with zero attached hydrogens (tertiary/aromatic N) is 1. The lowest BCUT2D eigenvalue weighted by Crippen LogP contribution is -1.92. The minimum Gasteiger partial charge on any atom is -0.404 e. The number of rotatable bonds is 5. The van der Waals surface area contributed by atoms with Gasteiger partial charge < -0.3 is 20.8 Å². The van der Waals surface area contributed by atoms with Crippen LogP contribution >= 0.6 is 11.9 Å². The molecular weight excluding hydrogens is 294 g/mol. The molecule has 5 nitrogen and oxygen atoms in total. The van der Waals surface area contributed by atoms with E-state index in [0.717, 1.165) is 28.0 Å². The lowest BCUT2D eigenvalue weighted by Gasteiger charge is -2.04. The van der Waals surface area contributed by atoms with E-state index in [-0.39, 0.29) is 0 Å². The fraction of sp³-hybridized carbons (Fsp3) is 0. The summed E-state index contributed by atoms with van der Waals surface area (Å²) in [7, 11) is 0. The Bertz CT molecular complexity index is 823. The summed E-state index contributed by atoms with van der Waals surface area (Å²) < 4.78 is 3.13. The lowest BCUT2D eigenvalue weighted by molar-refractivity contribution is 1.33. The van der Waals surface area contributed by atoms with Gasteiger partial charge in [0.15, 0.2) is 0 Å². The van der Waals surface area contributed by atoms with Crippen LogP contribution in [0.3, 0.4) is 0 Å². The van der Waals surface area contributed by atoms with Crippen molar-refractivity contribution in [3.8, 4) is 11.3 Å². The van der Waals surface area contributed by atoms with Gasteiger partial charge in [-0.05, 0) is 29.6 Å². The van der Waals surface area contributed by atoms with E-state index < -0.39 is 0 Å². The number of fused-ring (bicyclic) bond motifs is 1. The molecule has 1 aromatic carbocycles. The minimum atomic E-state index is 0.638. The van der Waals surface area contributed by atoms with Crippen LogP contribution in [-0.2, 0) is 0 Å². The molecular formula is C16H15N5S. The Morgan fingerprint density at radius 3 is 2.82 bits per heavy atom. The van der Waals surface area contributed by atoms with Gasteiger partial charge in [-0.1, -0.05) is 30.3 Å². The van der Waals surface area contributed by atoms with Crippen molar-refractivity contribution in [3.63, 3.8) is 0 Å². The number of hydrogen-bond acceptors (Lipinski definition) is 5. The van der Waals surface area contributed by atoms with E-state index in [1.807, 2.05) is 24.3 Å². The number of allylic oxidation sites excluding steroid dienone is 1. The van der Waals surface area contributed by atoms with Crippen LogP contribution in [0.5, 0.6) is 0 Å². The molecule has 0 aliphatic carbocycles. The van der Waals surface area contributed by atoms with Gasteiger partial charge in [0.25, 0.3) is 0 Å². The van der Waals surface area contributed by atoms with Gasteiger partial charge in [-0.25, -0.2) is 4.98 Å². The number of anilines is 1. The zero-order chi connectivity index (χ0) is 15.4. The summed E-state index contributed by atoms with van der Waals surface area (Å²) in [6.07, 6.45) is 4.34. The average Bonchev–Trinajstić information content (AvgIpc) is 3.00. The van der Waals surface area contributed by atoms with Gasteiger partial charge >= 0.3 is 0 Å². The third-order valence-electron chi connectivity index (χ3n) is 3.15. The number of aromatic amines is 1. The Hall–Kier alpha value is -2.73. The first-order valence-corrected chi connectivity index (χ1v) is 7.51. The monoisotopic (exact) mass is 309 g/mol. The smallest absolute Gasteiger partial charge is 0.137 e. The van der Waals surface area contributed by atoms with E-state index in [0.29, 0.717) is 4.91 Å². The van der Waals surface area contributed by atoms with Gasteiger partial charge in [-0.15, -0.1) is 0 Å². The molecule has 0 atom stereocenters. The Morgan fingerprint density at radius 2 is 2.09 bits per heavy atom. The Balaban J connectivity index is 1.86. The number of pyridine rings is 1. The van der Waals surface area contributed by atoms with Crippen molar-refractivity contribution in [2.45, 2.75) is 0 Å². The molecule has 3 aromatic rings. The van der Waals surface area contributed by atoms with Crippen LogP contribution in [0.4, 0.5) is 5.69 Å². The first-order chi connectivity index (χ1) is 10.8. The summed E-state index contributed by atoms with van der Waals surface area (Å²) in [5, 5.41) is 8.23. The second-order valence-corrected chi connectivity index (χ2v) is 5.51. The van der Waals surface area contributed by atoms with Crippen LogP contribution in [0.2, 0.25) is 0 Å². The molecule has 0 aliphatic rings. The molecule has 2 heterocycles. The minimum absolute atomic E-state index is 0.638.